The summed E-state index contributed by atoms with van der Waals surface area (Å²) in [6.45, 7) is 8.36. The molecule has 0 spiro atoms. The Balaban J connectivity index is 1.68. The Labute approximate surface area is 245 Å². The highest BCUT2D eigenvalue weighted by Crippen LogP contribution is 2.43. The lowest BCUT2D eigenvalue weighted by Gasteiger charge is -2.28. The van der Waals surface area contributed by atoms with E-state index in [1.54, 1.807) is 23.5 Å². The Bertz CT molecular complexity index is 1270. The van der Waals surface area contributed by atoms with E-state index >= 15 is 0 Å². The lowest BCUT2D eigenvalue weighted by atomic mass is 9.81. The smallest absolute Gasteiger partial charge is 0.411 e. The number of allylic oxidation sites excluding steroid dienone is 1. The molecule has 4 rings (SSSR count). The Morgan fingerprint density at radius 1 is 1.15 bits per heavy atom. The van der Waals surface area contributed by atoms with Gasteiger partial charge in [0.1, 0.15) is 6.61 Å². The van der Waals surface area contributed by atoms with Crippen LogP contribution in [0, 0.1) is 17.8 Å². The van der Waals surface area contributed by atoms with E-state index in [2.05, 4.69) is 28.6 Å². The number of benzene rings is 1. The summed E-state index contributed by atoms with van der Waals surface area (Å²) in [6.07, 6.45) is 5.20. The van der Waals surface area contributed by atoms with Gasteiger partial charge >= 0.3 is 6.09 Å². The fourth-order valence-electron chi connectivity index (χ4n) is 5.60. The van der Waals surface area contributed by atoms with Crippen molar-refractivity contribution in [2.75, 3.05) is 30.4 Å². The third-order valence-electron chi connectivity index (χ3n) is 8.07. The molecule has 3 amide bonds. The van der Waals surface area contributed by atoms with Gasteiger partial charge in [-0.25, -0.2) is 4.79 Å². The van der Waals surface area contributed by atoms with Crippen LogP contribution in [0.15, 0.2) is 30.8 Å². The zero-order valence-electron chi connectivity index (χ0n) is 24.0. The van der Waals surface area contributed by atoms with Crippen molar-refractivity contribution in [3.05, 3.63) is 40.6 Å². The number of thiophene rings is 1. The molecule has 1 fully saturated rings. The molecule has 0 saturated heterocycles. The van der Waals surface area contributed by atoms with Crippen LogP contribution in [0.3, 0.4) is 0 Å². The summed E-state index contributed by atoms with van der Waals surface area (Å²) in [5.74, 6) is 0.244. The molecule has 222 valence electrons. The number of aliphatic hydroxyl groups is 1. The van der Waals surface area contributed by atoms with E-state index in [9.17, 15) is 14.4 Å². The first-order chi connectivity index (χ1) is 19.7. The number of rotatable bonds is 7. The maximum atomic E-state index is 13.4. The Morgan fingerprint density at radius 3 is 2.59 bits per heavy atom. The van der Waals surface area contributed by atoms with Crippen molar-refractivity contribution < 1.29 is 24.2 Å². The summed E-state index contributed by atoms with van der Waals surface area (Å²) in [5, 5.41) is 18.0. The molecule has 1 aliphatic carbocycles. The Hall–Kier alpha value is -3.21. The van der Waals surface area contributed by atoms with Crippen LogP contribution >= 0.6 is 11.3 Å². The van der Waals surface area contributed by atoms with Crippen molar-refractivity contribution in [3.63, 3.8) is 0 Å². The number of aliphatic hydroxyl groups excluding tert-OH is 1. The van der Waals surface area contributed by atoms with Crippen LogP contribution in [0.25, 0.3) is 16.7 Å². The maximum Gasteiger partial charge on any atom is 0.411 e. The number of carbonyl (C=O) groups is 3. The normalized spacial score (nSPS) is 22.8. The predicted molar refractivity (Wildman–Crippen MR) is 164 cm³/mol. The van der Waals surface area contributed by atoms with Crippen LogP contribution in [0.2, 0.25) is 0 Å². The van der Waals surface area contributed by atoms with Gasteiger partial charge in [-0.1, -0.05) is 26.0 Å². The average Bonchev–Trinajstić information content (AvgIpc) is 3.41. The molecule has 1 aliphatic heterocycles. The number of fused-ring (bicyclic) bond motifs is 4. The molecule has 2 aliphatic rings. The molecule has 2 aromatic rings. The van der Waals surface area contributed by atoms with E-state index in [0.717, 1.165) is 65.0 Å². The van der Waals surface area contributed by atoms with E-state index in [1.807, 2.05) is 19.9 Å². The highest BCUT2D eigenvalue weighted by atomic mass is 32.1. The molecule has 1 aromatic carbocycles. The molecular formula is C31H42N4O5S. The molecule has 2 bridgehead atoms. The van der Waals surface area contributed by atoms with E-state index in [1.165, 1.54) is 0 Å². The lowest BCUT2D eigenvalue weighted by Crippen LogP contribution is -2.36. The van der Waals surface area contributed by atoms with Gasteiger partial charge < -0.3 is 26.2 Å². The van der Waals surface area contributed by atoms with Gasteiger partial charge in [0.25, 0.3) is 0 Å². The van der Waals surface area contributed by atoms with Gasteiger partial charge in [0.2, 0.25) is 11.8 Å². The van der Waals surface area contributed by atoms with E-state index in [4.69, 9.17) is 15.6 Å². The summed E-state index contributed by atoms with van der Waals surface area (Å²) in [4.78, 5) is 40.8. The lowest BCUT2D eigenvalue weighted by molar-refractivity contribution is -0.127. The van der Waals surface area contributed by atoms with Gasteiger partial charge in [-0.15, -0.1) is 11.3 Å². The van der Waals surface area contributed by atoms with Crippen LogP contribution in [0.1, 0.15) is 74.6 Å². The molecule has 1 saturated carbocycles. The molecule has 41 heavy (non-hydrogen) atoms. The highest BCUT2D eigenvalue weighted by molar-refractivity contribution is 7.13. The first kappa shape index (κ1) is 30.7. The van der Waals surface area contributed by atoms with Gasteiger partial charge in [-0.3, -0.25) is 14.9 Å². The van der Waals surface area contributed by atoms with Gasteiger partial charge in [0.05, 0.1) is 18.3 Å². The number of amides is 3. The summed E-state index contributed by atoms with van der Waals surface area (Å²) in [5.41, 5.74) is 9.47. The van der Waals surface area contributed by atoms with Crippen molar-refractivity contribution in [2.24, 2.45) is 23.5 Å². The number of carbonyl (C=O) groups excluding carboxylic acids is 3. The molecule has 0 unspecified atom stereocenters. The number of hydrogen-bond acceptors (Lipinski definition) is 7. The minimum absolute atomic E-state index is 0.000330. The van der Waals surface area contributed by atoms with Crippen LogP contribution in [-0.2, 0) is 14.3 Å². The van der Waals surface area contributed by atoms with Crippen molar-refractivity contribution in [2.45, 2.75) is 64.8 Å². The maximum absolute atomic E-state index is 13.4. The molecule has 1 aromatic heterocycles. The first-order valence-corrected chi connectivity index (χ1v) is 15.3. The molecular weight excluding hydrogens is 540 g/mol. The number of nitrogens with two attached hydrogens (primary N) is 1. The second kappa shape index (κ2) is 14.1. The molecule has 2 heterocycles. The zero-order chi connectivity index (χ0) is 29.5. The second-order valence-electron chi connectivity index (χ2n) is 11.3. The highest BCUT2D eigenvalue weighted by Gasteiger charge is 2.29. The number of hydrogen-bond donors (Lipinski definition) is 5. The van der Waals surface area contributed by atoms with Crippen molar-refractivity contribution >= 4 is 46.2 Å². The number of nitrogens with one attached hydrogen (secondary N) is 3. The standard InChI is InChI=1S/C31H42N4O5S/c1-18(2)28-24-16-27(41-28)25(34-30(38)21-9-7-20(17-32)8-10-21)6-4-5-19(3)29(37)35-26-15-22(11-12-23(24)26)33-31(39)40-14-13-36/h11-12,15-16,19-21,25,36H,1,4-10,13-14,17,32H2,2-3H3,(H,33,39)(H,34,38)(H,35,37)/t19-,20-,21-,25+/m1/s1. The van der Waals surface area contributed by atoms with Gasteiger partial charge in [0.15, 0.2) is 0 Å². The third-order valence-corrected chi connectivity index (χ3v) is 9.48. The quantitative estimate of drug-likeness (QED) is 0.285. The summed E-state index contributed by atoms with van der Waals surface area (Å²) in [6, 6.07) is 7.25. The molecule has 0 radical (unpaired) electrons. The average molecular weight is 583 g/mol. The van der Waals surface area contributed by atoms with Crippen molar-refractivity contribution in [3.8, 4) is 11.1 Å². The van der Waals surface area contributed by atoms with Crippen LogP contribution in [0.4, 0.5) is 16.2 Å². The number of anilines is 2. The minimum Gasteiger partial charge on any atom is -0.447 e. The summed E-state index contributed by atoms with van der Waals surface area (Å²) >= 11 is 1.62. The van der Waals surface area contributed by atoms with Gasteiger partial charge in [0, 0.05) is 38.4 Å². The van der Waals surface area contributed by atoms with Crippen LogP contribution < -0.4 is 21.7 Å². The molecule has 9 nitrogen and oxygen atoms in total. The number of ether oxygens (including phenoxy) is 1. The van der Waals surface area contributed by atoms with Gasteiger partial charge in [-0.05, 0) is 81.7 Å². The first-order valence-electron chi connectivity index (χ1n) is 14.5. The molecule has 6 N–H and O–H groups in total. The monoisotopic (exact) mass is 582 g/mol. The Morgan fingerprint density at radius 2 is 1.90 bits per heavy atom. The van der Waals surface area contributed by atoms with Crippen LogP contribution in [0.5, 0.6) is 0 Å². The molecule has 10 heteroatoms. The van der Waals surface area contributed by atoms with E-state index in [0.29, 0.717) is 30.3 Å². The van der Waals surface area contributed by atoms with Crippen molar-refractivity contribution in [1.82, 2.24) is 5.32 Å². The largest absolute Gasteiger partial charge is 0.447 e. The second-order valence-corrected chi connectivity index (χ2v) is 12.3. The zero-order valence-corrected chi connectivity index (χ0v) is 24.8. The Kier molecular flexibility index (Phi) is 10.6. The van der Waals surface area contributed by atoms with E-state index in [-0.39, 0.29) is 42.9 Å². The summed E-state index contributed by atoms with van der Waals surface area (Å²) in [7, 11) is 0. The van der Waals surface area contributed by atoms with E-state index < -0.39 is 6.09 Å². The van der Waals surface area contributed by atoms with Gasteiger partial charge in [-0.2, -0.15) is 0 Å². The fourth-order valence-corrected chi connectivity index (χ4v) is 6.79. The summed E-state index contributed by atoms with van der Waals surface area (Å²) < 4.78 is 4.92. The minimum atomic E-state index is -0.692. The van der Waals surface area contributed by atoms with Crippen molar-refractivity contribution in [1.29, 1.82) is 0 Å². The predicted octanol–water partition coefficient (Wildman–Crippen LogP) is 5.67. The third kappa shape index (κ3) is 7.75. The fraction of sp³-hybridized carbons (Fsp3) is 0.516. The van der Waals surface area contributed by atoms with Crippen LogP contribution in [-0.4, -0.2) is 42.8 Å². The topological polar surface area (TPSA) is 143 Å². The molecule has 2 atom stereocenters. The SMILES string of the molecule is C=C(C)c1sc2cc1-c1ccc(NC(=O)OCCO)cc1NC(=O)[C@H](C)CCC[C@@H]2NC(=O)[C@H]1CC[C@H](CN)CC1.